The third kappa shape index (κ3) is 5.03. The van der Waals surface area contributed by atoms with Gasteiger partial charge in [-0.25, -0.2) is 4.40 Å². The molecule has 0 fully saturated rings. The van der Waals surface area contributed by atoms with Gasteiger partial charge in [-0.2, -0.15) is 13.2 Å². The van der Waals surface area contributed by atoms with Gasteiger partial charge in [-0.1, -0.05) is 29.5 Å². The van der Waals surface area contributed by atoms with Gasteiger partial charge in [0.05, 0.1) is 17.2 Å². The maximum absolute atomic E-state index is 12.8. The third-order valence-corrected chi connectivity index (χ3v) is 5.74. The van der Waals surface area contributed by atoms with Crippen LogP contribution in [0.3, 0.4) is 0 Å². The highest BCUT2D eigenvalue weighted by molar-refractivity contribution is 7.15. The number of benzene rings is 2. The molecule has 2 heterocycles. The zero-order valence-corrected chi connectivity index (χ0v) is 18.0. The van der Waals surface area contributed by atoms with E-state index in [4.69, 9.17) is 4.74 Å². The topological polar surface area (TPSA) is 85.6 Å². The van der Waals surface area contributed by atoms with Crippen LogP contribution in [0.4, 0.5) is 18.9 Å². The van der Waals surface area contributed by atoms with Gasteiger partial charge in [0.1, 0.15) is 11.6 Å². The molecule has 0 aliphatic carbocycles. The Balaban J connectivity index is 1.49. The van der Waals surface area contributed by atoms with E-state index in [1.165, 1.54) is 27.9 Å². The molecule has 170 valence electrons. The Hall–Kier alpha value is -3.73. The number of carbonyl (C=O) groups excluding carboxylic acids is 1. The summed E-state index contributed by atoms with van der Waals surface area (Å²) >= 11 is 1.17. The molecular formula is C22H17F3N4O3S. The summed E-state index contributed by atoms with van der Waals surface area (Å²) in [6, 6.07) is 11.6. The van der Waals surface area contributed by atoms with Crippen LogP contribution in [-0.2, 0) is 17.4 Å². The van der Waals surface area contributed by atoms with Crippen molar-refractivity contribution in [2.75, 3.05) is 12.4 Å². The summed E-state index contributed by atoms with van der Waals surface area (Å²) in [4.78, 5) is 25.5. The molecule has 1 amide bonds. The number of anilines is 1. The summed E-state index contributed by atoms with van der Waals surface area (Å²) in [5, 5.41) is 10.4. The van der Waals surface area contributed by atoms with Gasteiger partial charge in [-0.3, -0.25) is 9.59 Å². The van der Waals surface area contributed by atoms with E-state index in [1.54, 1.807) is 25.3 Å². The van der Waals surface area contributed by atoms with E-state index in [2.05, 4.69) is 15.5 Å². The van der Waals surface area contributed by atoms with Gasteiger partial charge in [0.25, 0.3) is 5.56 Å². The summed E-state index contributed by atoms with van der Waals surface area (Å²) < 4.78 is 45.4. The number of nitrogens with zero attached hydrogens (tertiary/aromatic N) is 3. The fraction of sp³-hybridized carbons (Fsp3) is 0.182. The zero-order chi connectivity index (χ0) is 23.6. The van der Waals surface area contributed by atoms with Crippen molar-refractivity contribution in [3.8, 4) is 5.75 Å². The Labute approximate surface area is 189 Å². The number of hydrogen-bond donors (Lipinski definition) is 1. The number of fused-ring (bicyclic) bond motifs is 1. The Bertz CT molecular complexity index is 1410. The lowest BCUT2D eigenvalue weighted by Gasteiger charge is -2.09. The Morgan fingerprint density at radius 1 is 1.18 bits per heavy atom. The fourth-order valence-electron chi connectivity index (χ4n) is 3.15. The minimum Gasteiger partial charge on any atom is -0.497 e. The molecule has 0 unspecified atom stereocenters. The predicted molar refractivity (Wildman–Crippen MR) is 117 cm³/mol. The highest BCUT2D eigenvalue weighted by atomic mass is 32.1. The van der Waals surface area contributed by atoms with Crippen LogP contribution in [0.2, 0.25) is 0 Å². The van der Waals surface area contributed by atoms with E-state index >= 15 is 0 Å². The second-order valence-electron chi connectivity index (χ2n) is 7.05. The van der Waals surface area contributed by atoms with E-state index in [0.717, 1.165) is 17.7 Å². The Morgan fingerprint density at radius 3 is 2.64 bits per heavy atom. The number of alkyl halides is 3. The normalized spacial score (nSPS) is 12.3. The molecule has 4 rings (SSSR count). The van der Waals surface area contributed by atoms with Gasteiger partial charge in [0.15, 0.2) is 0 Å². The van der Waals surface area contributed by atoms with Crippen molar-refractivity contribution in [2.45, 2.75) is 19.0 Å². The van der Waals surface area contributed by atoms with Crippen LogP contribution in [-0.4, -0.2) is 27.6 Å². The molecule has 7 nitrogen and oxygen atoms in total. The van der Waals surface area contributed by atoms with Crippen LogP contribution in [0, 0.1) is 0 Å². The molecular weight excluding hydrogens is 457 g/mol. The predicted octanol–water partition coefficient (Wildman–Crippen LogP) is 3.30. The minimum absolute atomic E-state index is 0.0395. The van der Waals surface area contributed by atoms with Crippen LogP contribution in [0.15, 0.2) is 53.3 Å². The number of methoxy groups -OCH3 is 1. The molecule has 0 atom stereocenters. The van der Waals surface area contributed by atoms with Crippen LogP contribution < -0.4 is 20.1 Å². The summed E-state index contributed by atoms with van der Waals surface area (Å²) in [7, 11) is 1.57. The number of nitrogens with one attached hydrogen (secondary N) is 1. The average Bonchev–Trinajstić information content (AvgIpc) is 3.32. The SMILES string of the molecule is COc1ccc(/C=c2/sc3nnc(CCC(=O)Nc4cccc(C(F)(F)F)c4)n3c2=O)cc1. The fourth-order valence-corrected chi connectivity index (χ4v) is 4.08. The summed E-state index contributed by atoms with van der Waals surface area (Å²) in [6.45, 7) is 0. The quantitative estimate of drug-likeness (QED) is 0.464. The first-order chi connectivity index (χ1) is 15.7. The lowest BCUT2D eigenvalue weighted by Crippen LogP contribution is -2.24. The number of amides is 1. The molecule has 0 saturated carbocycles. The number of carbonyl (C=O) groups is 1. The van der Waals surface area contributed by atoms with E-state index < -0.39 is 17.6 Å². The molecule has 0 aliphatic rings. The van der Waals surface area contributed by atoms with Crippen molar-refractivity contribution in [3.63, 3.8) is 0 Å². The molecule has 0 saturated heterocycles. The van der Waals surface area contributed by atoms with Crippen LogP contribution in [0.5, 0.6) is 5.75 Å². The number of aryl methyl sites for hydroxylation is 1. The third-order valence-electron chi connectivity index (χ3n) is 4.78. The van der Waals surface area contributed by atoms with Gasteiger partial charge in [-0.15, -0.1) is 10.2 Å². The van der Waals surface area contributed by atoms with Crippen molar-refractivity contribution in [2.24, 2.45) is 0 Å². The zero-order valence-electron chi connectivity index (χ0n) is 17.2. The first-order valence-electron chi connectivity index (χ1n) is 9.74. The summed E-state index contributed by atoms with van der Waals surface area (Å²) in [5.74, 6) is 0.504. The second kappa shape index (κ2) is 9.02. The smallest absolute Gasteiger partial charge is 0.416 e. The molecule has 0 spiro atoms. The maximum Gasteiger partial charge on any atom is 0.416 e. The van der Waals surface area contributed by atoms with Crippen LogP contribution >= 0.6 is 11.3 Å². The lowest BCUT2D eigenvalue weighted by atomic mass is 10.2. The molecule has 2 aromatic heterocycles. The number of thiazole rings is 1. The molecule has 33 heavy (non-hydrogen) atoms. The highest BCUT2D eigenvalue weighted by Gasteiger charge is 2.30. The van der Waals surface area contributed by atoms with Crippen molar-refractivity contribution >= 4 is 34.0 Å². The largest absolute Gasteiger partial charge is 0.497 e. The Kier molecular flexibility index (Phi) is 6.14. The molecule has 0 radical (unpaired) electrons. The van der Waals surface area contributed by atoms with E-state index in [0.29, 0.717) is 21.1 Å². The molecule has 4 aromatic rings. The van der Waals surface area contributed by atoms with Crippen molar-refractivity contribution in [1.29, 1.82) is 0 Å². The first kappa shape index (κ1) is 22.5. The number of hydrogen-bond acceptors (Lipinski definition) is 6. The Morgan fingerprint density at radius 2 is 1.94 bits per heavy atom. The summed E-state index contributed by atoms with van der Waals surface area (Å²) in [6.07, 6.45) is -2.76. The molecule has 11 heteroatoms. The highest BCUT2D eigenvalue weighted by Crippen LogP contribution is 2.30. The van der Waals surface area contributed by atoms with Gasteiger partial charge < -0.3 is 10.1 Å². The minimum atomic E-state index is -4.50. The van der Waals surface area contributed by atoms with Crippen molar-refractivity contribution < 1.29 is 22.7 Å². The molecule has 0 bridgehead atoms. The first-order valence-corrected chi connectivity index (χ1v) is 10.6. The molecule has 0 aliphatic heterocycles. The average molecular weight is 474 g/mol. The lowest BCUT2D eigenvalue weighted by molar-refractivity contribution is -0.137. The number of ether oxygens (including phenoxy) is 1. The van der Waals surface area contributed by atoms with Crippen molar-refractivity contribution in [3.05, 3.63) is 80.4 Å². The standard InChI is InChI=1S/C22H17F3N4O3S/c1-32-16-7-5-13(6-8-16)11-17-20(31)29-18(27-28-21(29)33-17)9-10-19(30)26-15-4-2-3-14(12-15)22(23,24)25/h2-8,11-12H,9-10H2,1H3,(H,26,30)/b17-11+. The monoisotopic (exact) mass is 474 g/mol. The van der Waals surface area contributed by atoms with Crippen LogP contribution in [0.1, 0.15) is 23.4 Å². The summed E-state index contributed by atoms with van der Waals surface area (Å²) in [5.41, 5.74) is -0.302. The van der Waals surface area contributed by atoms with Gasteiger partial charge in [0.2, 0.25) is 10.9 Å². The van der Waals surface area contributed by atoms with Gasteiger partial charge >= 0.3 is 6.18 Å². The number of rotatable bonds is 6. The van der Waals surface area contributed by atoms with E-state index in [1.807, 2.05) is 12.1 Å². The molecule has 2 aromatic carbocycles. The molecule has 1 N–H and O–H groups in total. The van der Waals surface area contributed by atoms with Gasteiger partial charge in [-0.05, 0) is 42.0 Å². The van der Waals surface area contributed by atoms with E-state index in [-0.39, 0.29) is 24.1 Å². The second-order valence-corrected chi connectivity index (χ2v) is 8.06. The van der Waals surface area contributed by atoms with Gasteiger partial charge in [0, 0.05) is 18.5 Å². The van der Waals surface area contributed by atoms with Crippen LogP contribution in [0.25, 0.3) is 11.0 Å². The van der Waals surface area contributed by atoms with E-state index in [9.17, 15) is 22.8 Å². The maximum atomic E-state index is 12.8. The number of aromatic nitrogens is 3. The van der Waals surface area contributed by atoms with Crippen molar-refractivity contribution in [1.82, 2.24) is 14.6 Å². The number of halogens is 3.